The van der Waals surface area contributed by atoms with Crippen molar-refractivity contribution in [2.75, 3.05) is 18.0 Å². The van der Waals surface area contributed by atoms with Gasteiger partial charge in [-0.15, -0.1) is 0 Å². The maximum Gasteiger partial charge on any atom is 0.270 e. The van der Waals surface area contributed by atoms with Crippen LogP contribution in [0.5, 0.6) is 5.75 Å². The zero-order chi connectivity index (χ0) is 17.6. The highest BCUT2D eigenvalue weighted by Crippen LogP contribution is 2.52. The van der Waals surface area contributed by atoms with E-state index in [1.165, 1.54) is 35.8 Å². The summed E-state index contributed by atoms with van der Waals surface area (Å²) in [6, 6.07) is 6.05. The van der Waals surface area contributed by atoms with Gasteiger partial charge in [0.15, 0.2) is 0 Å². The van der Waals surface area contributed by atoms with Crippen molar-refractivity contribution >= 4 is 33.2 Å². The molecule has 0 amide bonds. The molecule has 126 valence electrons. The maximum absolute atomic E-state index is 10.9. The third-order valence-corrected chi connectivity index (χ3v) is 5.93. The average molecular weight is 354 g/mol. The van der Waals surface area contributed by atoms with Crippen LogP contribution >= 0.6 is 11.3 Å². The van der Waals surface area contributed by atoms with Gasteiger partial charge in [0, 0.05) is 42.6 Å². The predicted molar refractivity (Wildman–Crippen MR) is 95.2 cm³/mol. The van der Waals surface area contributed by atoms with Crippen molar-refractivity contribution in [1.29, 1.82) is 5.26 Å². The molecule has 0 aliphatic carbocycles. The summed E-state index contributed by atoms with van der Waals surface area (Å²) < 4.78 is 0. The molecule has 2 bridgehead atoms. The summed E-state index contributed by atoms with van der Waals surface area (Å²) >= 11 is 1.48. The molecule has 0 saturated carbocycles. The van der Waals surface area contributed by atoms with Crippen molar-refractivity contribution in [3.63, 3.8) is 0 Å². The normalized spacial score (nSPS) is 16.2. The van der Waals surface area contributed by atoms with Crippen LogP contribution in [0.25, 0.3) is 0 Å². The summed E-state index contributed by atoms with van der Waals surface area (Å²) in [7, 11) is 0. The molecule has 1 fully saturated rings. The van der Waals surface area contributed by atoms with Crippen LogP contribution in [0.3, 0.4) is 0 Å². The smallest absolute Gasteiger partial charge is 0.270 e. The number of nitrogens with zero attached hydrogens (tertiary/aromatic N) is 4. The van der Waals surface area contributed by atoms with Crippen molar-refractivity contribution in [2.24, 2.45) is 4.99 Å². The molecule has 1 N–H and O–H groups in total. The molecular formula is C17H14N4O3S. The first-order valence-electron chi connectivity index (χ1n) is 7.91. The minimum Gasteiger partial charge on any atom is -0.507 e. The van der Waals surface area contributed by atoms with Gasteiger partial charge >= 0.3 is 0 Å². The van der Waals surface area contributed by atoms with Crippen LogP contribution in [-0.2, 0) is 0 Å². The standard InChI is InChI=1S/C17H14N4O3S/c18-8-13-15-10-3-5-20(6-4-10)17(15)25-16(13)19-9-11-7-12(21(23)24)1-2-14(11)22/h1-2,7,9-10,22H,3-6H2/b19-9+. The number of hydrogen-bond acceptors (Lipinski definition) is 7. The molecule has 25 heavy (non-hydrogen) atoms. The summed E-state index contributed by atoms with van der Waals surface area (Å²) in [6.07, 6.45) is 3.51. The minimum atomic E-state index is -0.522. The molecule has 5 rings (SSSR count). The second-order valence-electron chi connectivity index (χ2n) is 6.13. The lowest BCUT2D eigenvalue weighted by Crippen LogP contribution is -2.37. The van der Waals surface area contributed by atoms with E-state index in [0.717, 1.165) is 36.5 Å². The number of thiophene rings is 1. The number of nitro benzene ring substituents is 1. The molecule has 8 heteroatoms. The molecule has 4 heterocycles. The highest BCUT2D eigenvalue weighted by atomic mass is 32.1. The van der Waals surface area contributed by atoms with Gasteiger partial charge in [0.05, 0.1) is 15.5 Å². The van der Waals surface area contributed by atoms with E-state index in [1.807, 2.05) is 0 Å². The highest BCUT2D eigenvalue weighted by molar-refractivity contribution is 7.20. The number of nitro groups is 1. The SMILES string of the molecule is N#Cc1c(/N=C/c2cc([N+](=O)[O-])ccc2O)sc2c1C1CCN2CC1. The fraction of sp³-hybridized carbons (Fsp3) is 0.294. The summed E-state index contributed by atoms with van der Waals surface area (Å²) in [5.41, 5.74) is 1.83. The van der Waals surface area contributed by atoms with E-state index in [2.05, 4.69) is 16.0 Å². The number of piperidine rings is 1. The topological polar surface area (TPSA) is 103 Å². The van der Waals surface area contributed by atoms with Crippen LogP contribution in [0, 0.1) is 21.4 Å². The van der Waals surface area contributed by atoms with E-state index in [1.54, 1.807) is 0 Å². The Hall–Kier alpha value is -2.92. The second kappa shape index (κ2) is 5.86. The molecule has 1 aromatic carbocycles. The van der Waals surface area contributed by atoms with Crippen molar-refractivity contribution in [1.82, 2.24) is 0 Å². The van der Waals surface area contributed by atoms with Crippen molar-refractivity contribution in [3.8, 4) is 11.8 Å². The molecule has 1 saturated heterocycles. The van der Waals surface area contributed by atoms with Gasteiger partial charge < -0.3 is 10.0 Å². The molecule has 2 aromatic rings. The van der Waals surface area contributed by atoms with E-state index in [0.29, 0.717) is 16.5 Å². The molecule has 7 nitrogen and oxygen atoms in total. The Morgan fingerprint density at radius 2 is 2.20 bits per heavy atom. The zero-order valence-electron chi connectivity index (χ0n) is 13.2. The molecule has 0 radical (unpaired) electrons. The van der Waals surface area contributed by atoms with Gasteiger partial charge in [-0.2, -0.15) is 5.26 Å². The highest BCUT2D eigenvalue weighted by Gasteiger charge is 2.36. The van der Waals surface area contributed by atoms with Gasteiger partial charge in [0.2, 0.25) is 0 Å². The molecule has 1 aromatic heterocycles. The van der Waals surface area contributed by atoms with E-state index in [9.17, 15) is 20.5 Å². The summed E-state index contributed by atoms with van der Waals surface area (Å²) in [4.78, 5) is 17.0. The average Bonchev–Trinajstić information content (AvgIpc) is 3.02. The first-order chi connectivity index (χ1) is 12.1. The first-order valence-corrected chi connectivity index (χ1v) is 8.73. The van der Waals surface area contributed by atoms with Crippen molar-refractivity contribution in [3.05, 3.63) is 45.0 Å². The lowest BCUT2D eigenvalue weighted by molar-refractivity contribution is -0.384. The zero-order valence-corrected chi connectivity index (χ0v) is 14.0. The second-order valence-corrected chi connectivity index (χ2v) is 7.11. The number of phenols is 1. The van der Waals surface area contributed by atoms with Crippen LogP contribution in [-0.4, -0.2) is 29.3 Å². The Morgan fingerprint density at radius 3 is 2.88 bits per heavy atom. The number of non-ortho nitro benzene ring substituents is 1. The molecule has 3 aliphatic heterocycles. The largest absolute Gasteiger partial charge is 0.507 e. The molecule has 3 aliphatic rings. The Morgan fingerprint density at radius 1 is 1.44 bits per heavy atom. The van der Waals surface area contributed by atoms with Crippen LogP contribution in [0.4, 0.5) is 15.7 Å². The molecule has 0 spiro atoms. The van der Waals surface area contributed by atoms with Gasteiger partial charge in [-0.25, -0.2) is 4.99 Å². The number of anilines is 1. The van der Waals surface area contributed by atoms with Crippen LogP contribution in [0.15, 0.2) is 23.2 Å². The lowest BCUT2D eigenvalue weighted by Gasteiger charge is -2.39. The lowest BCUT2D eigenvalue weighted by atomic mass is 9.84. The predicted octanol–water partition coefficient (Wildman–Crippen LogP) is 3.68. The number of fused-ring (bicyclic) bond motifs is 2. The first kappa shape index (κ1) is 15.6. The van der Waals surface area contributed by atoms with E-state index >= 15 is 0 Å². The number of aliphatic imine (C=N–C) groups is 1. The number of nitriles is 1. The van der Waals surface area contributed by atoms with Gasteiger partial charge in [0.25, 0.3) is 5.69 Å². The van der Waals surface area contributed by atoms with Gasteiger partial charge in [0.1, 0.15) is 16.8 Å². The van der Waals surface area contributed by atoms with Crippen molar-refractivity contribution in [2.45, 2.75) is 18.8 Å². The number of hydrogen-bond donors (Lipinski definition) is 1. The molecular weight excluding hydrogens is 340 g/mol. The number of rotatable bonds is 3. The van der Waals surface area contributed by atoms with Crippen LogP contribution < -0.4 is 4.90 Å². The fourth-order valence-corrected chi connectivity index (χ4v) is 4.73. The van der Waals surface area contributed by atoms with Crippen LogP contribution in [0.1, 0.15) is 35.4 Å². The quantitative estimate of drug-likeness (QED) is 0.514. The summed E-state index contributed by atoms with van der Waals surface area (Å²) in [5.74, 6) is 0.332. The number of aromatic hydroxyl groups is 1. The van der Waals surface area contributed by atoms with E-state index in [4.69, 9.17) is 0 Å². The van der Waals surface area contributed by atoms with Crippen LogP contribution in [0.2, 0.25) is 0 Å². The van der Waals surface area contributed by atoms with E-state index < -0.39 is 4.92 Å². The maximum atomic E-state index is 10.9. The Kier molecular flexibility index (Phi) is 3.66. The number of phenolic OH excluding ortho intramolecular Hbond substituents is 1. The Bertz CT molecular complexity index is 936. The molecule has 0 unspecified atom stereocenters. The summed E-state index contributed by atoms with van der Waals surface area (Å²) in [6.45, 7) is 2.02. The Balaban J connectivity index is 1.74. The fourth-order valence-electron chi connectivity index (χ4n) is 3.49. The Labute approximate surface area is 147 Å². The molecule has 0 atom stereocenters. The van der Waals surface area contributed by atoms with Crippen molar-refractivity contribution < 1.29 is 10.0 Å². The van der Waals surface area contributed by atoms with Gasteiger partial charge in [-0.3, -0.25) is 10.1 Å². The third-order valence-electron chi connectivity index (χ3n) is 4.75. The van der Waals surface area contributed by atoms with E-state index in [-0.39, 0.29) is 17.0 Å². The number of benzene rings is 1. The monoisotopic (exact) mass is 354 g/mol. The summed E-state index contributed by atoms with van der Waals surface area (Å²) in [5, 5.41) is 32.1. The third kappa shape index (κ3) is 2.53. The van der Waals surface area contributed by atoms with Gasteiger partial charge in [-0.05, 0) is 24.8 Å². The van der Waals surface area contributed by atoms with Gasteiger partial charge in [-0.1, -0.05) is 11.3 Å². The minimum absolute atomic E-state index is 0.0852.